The van der Waals surface area contributed by atoms with E-state index in [1.165, 1.54) is 18.2 Å². The molecular weight excluding hydrogens is 290 g/mol. The molecule has 19 heavy (non-hydrogen) atoms. The van der Waals surface area contributed by atoms with Crippen LogP contribution in [-0.4, -0.2) is 26.9 Å². The van der Waals surface area contributed by atoms with Gasteiger partial charge in [0, 0.05) is 6.54 Å². The number of amides is 1. The van der Waals surface area contributed by atoms with Gasteiger partial charge < -0.3 is 5.32 Å². The first kappa shape index (κ1) is 13.8. The van der Waals surface area contributed by atoms with Gasteiger partial charge in [0.05, 0.1) is 16.7 Å². The normalized spacial score (nSPS) is 18.9. The lowest BCUT2D eigenvalue weighted by molar-refractivity contribution is -0.120. The van der Waals surface area contributed by atoms with Crippen LogP contribution in [0.3, 0.4) is 0 Å². The van der Waals surface area contributed by atoms with Gasteiger partial charge >= 0.3 is 0 Å². The van der Waals surface area contributed by atoms with Gasteiger partial charge in [0.1, 0.15) is 10.9 Å². The summed E-state index contributed by atoms with van der Waals surface area (Å²) in [6.45, 7) is 0.438. The molecule has 6 nitrogen and oxygen atoms in total. The Hall–Kier alpha value is -1.62. The lowest BCUT2D eigenvalue weighted by atomic mass is 10.2. The molecular formula is C11H10ClN3O3S. The van der Waals surface area contributed by atoms with Gasteiger partial charge in [-0.15, -0.1) is 0 Å². The average Bonchev–Trinajstić information content (AvgIpc) is 2.73. The Labute approximate surface area is 115 Å². The highest BCUT2D eigenvalue weighted by molar-refractivity contribution is 7.89. The van der Waals surface area contributed by atoms with E-state index in [0.29, 0.717) is 13.0 Å². The molecule has 0 saturated carbocycles. The summed E-state index contributed by atoms with van der Waals surface area (Å²) in [5.41, 5.74) is 0.266. The maximum atomic E-state index is 12.1. The van der Waals surface area contributed by atoms with Crippen molar-refractivity contribution in [3.05, 3.63) is 28.8 Å². The highest BCUT2D eigenvalue weighted by atomic mass is 35.5. The second-order valence-electron chi connectivity index (χ2n) is 4.01. The van der Waals surface area contributed by atoms with Crippen LogP contribution >= 0.6 is 11.6 Å². The Kier molecular flexibility index (Phi) is 3.75. The molecule has 1 atom stereocenters. The van der Waals surface area contributed by atoms with Crippen molar-refractivity contribution in [3.63, 3.8) is 0 Å². The first-order valence-corrected chi connectivity index (χ1v) is 7.30. The molecule has 1 saturated heterocycles. The zero-order chi connectivity index (χ0) is 14.0. The number of hydrogen-bond acceptors (Lipinski definition) is 4. The quantitative estimate of drug-likeness (QED) is 0.842. The fourth-order valence-electron chi connectivity index (χ4n) is 1.75. The molecule has 2 rings (SSSR count). The molecule has 1 aromatic rings. The van der Waals surface area contributed by atoms with Gasteiger partial charge in [0.15, 0.2) is 0 Å². The van der Waals surface area contributed by atoms with Gasteiger partial charge in [-0.1, -0.05) is 11.6 Å². The van der Waals surface area contributed by atoms with Crippen LogP contribution in [0, 0.1) is 11.3 Å². The molecule has 1 unspecified atom stereocenters. The van der Waals surface area contributed by atoms with E-state index < -0.39 is 16.1 Å². The molecule has 2 N–H and O–H groups in total. The van der Waals surface area contributed by atoms with Crippen molar-refractivity contribution in [3.8, 4) is 6.07 Å². The maximum absolute atomic E-state index is 12.1. The van der Waals surface area contributed by atoms with Crippen molar-refractivity contribution in [2.24, 2.45) is 0 Å². The Morgan fingerprint density at radius 3 is 2.74 bits per heavy atom. The number of nitrogens with zero attached hydrogens (tertiary/aromatic N) is 1. The number of nitrogens with one attached hydrogen (secondary N) is 2. The van der Waals surface area contributed by atoms with E-state index in [-0.39, 0.29) is 21.4 Å². The van der Waals surface area contributed by atoms with Gasteiger partial charge in [0.2, 0.25) is 15.9 Å². The van der Waals surface area contributed by atoms with Gasteiger partial charge in [-0.05, 0) is 24.6 Å². The van der Waals surface area contributed by atoms with Crippen molar-refractivity contribution < 1.29 is 13.2 Å². The van der Waals surface area contributed by atoms with Crippen LogP contribution in [0.1, 0.15) is 12.0 Å². The van der Waals surface area contributed by atoms with Crippen molar-refractivity contribution in [1.82, 2.24) is 10.0 Å². The SMILES string of the molecule is N#Cc1ccc(S(=O)(=O)NC2CCNC2=O)c(Cl)c1. The van der Waals surface area contributed by atoms with Crippen molar-refractivity contribution >= 4 is 27.5 Å². The maximum Gasteiger partial charge on any atom is 0.242 e. The predicted molar refractivity (Wildman–Crippen MR) is 67.9 cm³/mol. The molecule has 0 bridgehead atoms. The van der Waals surface area contributed by atoms with E-state index in [4.69, 9.17) is 16.9 Å². The van der Waals surface area contributed by atoms with E-state index in [1.54, 1.807) is 0 Å². The van der Waals surface area contributed by atoms with Gasteiger partial charge in [-0.25, -0.2) is 8.42 Å². The molecule has 1 aromatic carbocycles. The molecule has 0 radical (unpaired) electrons. The number of sulfonamides is 1. The first-order chi connectivity index (χ1) is 8.94. The van der Waals surface area contributed by atoms with Crippen LogP contribution in [0.4, 0.5) is 0 Å². The Balaban J connectivity index is 2.30. The standard InChI is InChI=1S/C11H10ClN3O3S/c12-8-5-7(6-13)1-2-10(8)19(17,18)15-9-3-4-14-11(9)16/h1-2,5,9,15H,3-4H2,(H,14,16). The van der Waals surface area contributed by atoms with Crippen LogP contribution in [-0.2, 0) is 14.8 Å². The van der Waals surface area contributed by atoms with Gasteiger partial charge in [0.25, 0.3) is 0 Å². The van der Waals surface area contributed by atoms with Crippen molar-refractivity contribution in [2.45, 2.75) is 17.4 Å². The van der Waals surface area contributed by atoms with Crippen molar-refractivity contribution in [2.75, 3.05) is 6.54 Å². The third-order valence-corrected chi connectivity index (χ3v) is 4.65. The van der Waals surface area contributed by atoms with E-state index >= 15 is 0 Å². The van der Waals surface area contributed by atoms with E-state index in [2.05, 4.69) is 10.0 Å². The zero-order valence-corrected chi connectivity index (χ0v) is 11.3. The first-order valence-electron chi connectivity index (χ1n) is 5.44. The van der Waals surface area contributed by atoms with Gasteiger partial charge in [-0.3, -0.25) is 4.79 Å². The minimum Gasteiger partial charge on any atom is -0.355 e. The summed E-state index contributed by atoms with van der Waals surface area (Å²) in [6.07, 6.45) is 0.395. The topological polar surface area (TPSA) is 99.1 Å². The molecule has 1 aliphatic heterocycles. The van der Waals surface area contributed by atoms with Crippen molar-refractivity contribution in [1.29, 1.82) is 5.26 Å². The highest BCUT2D eigenvalue weighted by Crippen LogP contribution is 2.23. The number of halogens is 1. The fourth-order valence-corrected chi connectivity index (χ4v) is 3.52. The van der Waals surface area contributed by atoms with Crippen LogP contribution in [0.15, 0.2) is 23.1 Å². The third-order valence-electron chi connectivity index (χ3n) is 2.70. The van der Waals surface area contributed by atoms with E-state index in [9.17, 15) is 13.2 Å². The van der Waals surface area contributed by atoms with E-state index in [0.717, 1.165) is 0 Å². The number of carbonyl (C=O) groups is 1. The molecule has 100 valence electrons. The molecule has 0 aliphatic carbocycles. The van der Waals surface area contributed by atoms with Crippen LogP contribution in [0.5, 0.6) is 0 Å². The monoisotopic (exact) mass is 299 g/mol. The molecule has 1 fully saturated rings. The number of nitriles is 1. The molecule has 1 aliphatic rings. The average molecular weight is 300 g/mol. The number of benzene rings is 1. The lowest BCUT2D eigenvalue weighted by Gasteiger charge is -2.11. The second kappa shape index (κ2) is 5.17. The summed E-state index contributed by atoms with van der Waals surface area (Å²) in [7, 11) is -3.88. The van der Waals surface area contributed by atoms with Crippen LogP contribution < -0.4 is 10.0 Å². The number of carbonyl (C=O) groups excluding carboxylic acids is 1. The summed E-state index contributed by atoms with van der Waals surface area (Å²) in [5, 5.41) is 11.2. The largest absolute Gasteiger partial charge is 0.355 e. The fraction of sp³-hybridized carbons (Fsp3) is 0.273. The Morgan fingerprint density at radius 1 is 1.47 bits per heavy atom. The highest BCUT2D eigenvalue weighted by Gasteiger charge is 2.30. The summed E-state index contributed by atoms with van der Waals surface area (Å²) in [4.78, 5) is 11.2. The van der Waals surface area contributed by atoms with Crippen LogP contribution in [0.25, 0.3) is 0 Å². The summed E-state index contributed by atoms with van der Waals surface area (Å²) < 4.78 is 26.5. The zero-order valence-electron chi connectivity index (χ0n) is 9.68. The minimum atomic E-state index is -3.88. The Morgan fingerprint density at radius 2 is 2.21 bits per heavy atom. The number of hydrogen-bond donors (Lipinski definition) is 2. The molecule has 8 heteroatoms. The molecule has 1 heterocycles. The molecule has 0 spiro atoms. The summed E-state index contributed by atoms with van der Waals surface area (Å²) in [6, 6.07) is 4.95. The van der Waals surface area contributed by atoms with E-state index in [1.807, 2.05) is 6.07 Å². The second-order valence-corrected chi connectivity index (χ2v) is 6.10. The lowest BCUT2D eigenvalue weighted by Crippen LogP contribution is -2.40. The Bertz CT molecular complexity index is 666. The smallest absolute Gasteiger partial charge is 0.242 e. The summed E-state index contributed by atoms with van der Waals surface area (Å²) >= 11 is 5.84. The molecule has 0 aromatic heterocycles. The van der Waals surface area contributed by atoms with Gasteiger partial charge in [-0.2, -0.15) is 9.98 Å². The number of rotatable bonds is 3. The molecule has 1 amide bonds. The predicted octanol–water partition coefficient (Wildman–Crippen LogP) is 0.378. The summed E-state index contributed by atoms with van der Waals surface area (Å²) in [5.74, 6) is -0.353. The van der Waals surface area contributed by atoms with Crippen LogP contribution in [0.2, 0.25) is 5.02 Å². The minimum absolute atomic E-state index is 0.0510. The third kappa shape index (κ3) is 2.87.